The first-order chi connectivity index (χ1) is 9.87. The van der Waals surface area contributed by atoms with Crippen molar-refractivity contribution in [3.8, 4) is 0 Å². The smallest absolute Gasteiger partial charge is 0.327 e. The van der Waals surface area contributed by atoms with Crippen LogP contribution in [0.5, 0.6) is 0 Å². The molecule has 0 amide bonds. The molecule has 0 rings (SSSR count). The highest BCUT2D eigenvalue weighted by molar-refractivity contribution is 7.87. The fourth-order valence-electron chi connectivity index (χ4n) is 0.831. The van der Waals surface area contributed by atoms with Crippen molar-refractivity contribution in [2.24, 2.45) is 5.73 Å². The normalized spacial score (nSPS) is 14.0. The van der Waals surface area contributed by atoms with E-state index in [-0.39, 0.29) is 0 Å². The number of hydrogen-bond donors (Lipinski definition) is 2. The number of nitrogens with two attached hydrogens (primary N) is 1. The maximum absolute atomic E-state index is 12.7. The highest BCUT2D eigenvalue weighted by Gasteiger charge is 2.77. The molecule has 0 aliphatic heterocycles. The molecular formula is C9H12F9NO3S. The minimum absolute atomic E-state index is 0.583. The molecule has 140 valence electrons. The lowest BCUT2D eigenvalue weighted by molar-refractivity contribution is -0.288. The van der Waals surface area contributed by atoms with E-state index < -0.39 is 46.2 Å². The van der Waals surface area contributed by atoms with Crippen molar-refractivity contribution in [3.05, 3.63) is 12.7 Å². The minimum atomic E-state index is -6.94. The Balaban J connectivity index is 0. The van der Waals surface area contributed by atoms with Crippen LogP contribution >= 0.6 is 0 Å². The second-order valence-corrected chi connectivity index (χ2v) is 5.37. The highest BCUT2D eigenvalue weighted by atomic mass is 32.2. The first-order valence-electron chi connectivity index (χ1n) is 5.35. The number of halogens is 9. The molecule has 0 aromatic carbocycles. The van der Waals surface area contributed by atoms with E-state index in [0.29, 0.717) is 6.54 Å². The Labute approximate surface area is 124 Å². The van der Waals surface area contributed by atoms with Crippen LogP contribution in [0.2, 0.25) is 0 Å². The molecule has 0 aromatic rings. The van der Waals surface area contributed by atoms with E-state index in [1.165, 1.54) is 0 Å². The SMILES string of the molecule is C=CCN.O=S(=O)(O)C(F)(F)C(F)(F)C(F)(F)CCC(F)(F)F. The summed E-state index contributed by atoms with van der Waals surface area (Å²) in [4.78, 5) is 0. The summed E-state index contributed by atoms with van der Waals surface area (Å²) >= 11 is 0. The van der Waals surface area contributed by atoms with Crippen molar-refractivity contribution in [1.82, 2.24) is 0 Å². The van der Waals surface area contributed by atoms with Crippen molar-refractivity contribution >= 4 is 10.1 Å². The van der Waals surface area contributed by atoms with Crippen LogP contribution in [-0.2, 0) is 10.1 Å². The highest BCUT2D eigenvalue weighted by Crippen LogP contribution is 2.50. The van der Waals surface area contributed by atoms with Crippen LogP contribution in [0.15, 0.2) is 12.7 Å². The Kier molecular flexibility index (Phi) is 8.11. The molecule has 3 N–H and O–H groups in total. The van der Waals surface area contributed by atoms with Gasteiger partial charge in [-0.2, -0.15) is 47.9 Å². The molecule has 0 heterocycles. The molecule has 14 heteroatoms. The predicted octanol–water partition coefficient (Wildman–Crippen LogP) is 3.21. The van der Waals surface area contributed by atoms with Crippen LogP contribution < -0.4 is 5.73 Å². The van der Waals surface area contributed by atoms with Crippen molar-refractivity contribution in [2.45, 2.75) is 36.1 Å². The summed E-state index contributed by atoms with van der Waals surface area (Å²) < 4.78 is 138. The predicted molar refractivity (Wildman–Crippen MR) is 60.9 cm³/mol. The molecule has 0 bridgehead atoms. The molecule has 4 nitrogen and oxygen atoms in total. The minimum Gasteiger partial charge on any atom is -0.327 e. The van der Waals surface area contributed by atoms with E-state index in [2.05, 4.69) is 6.58 Å². The summed E-state index contributed by atoms with van der Waals surface area (Å²) in [6, 6.07) is 0. The Morgan fingerprint density at radius 1 is 0.957 bits per heavy atom. The maximum atomic E-state index is 12.7. The van der Waals surface area contributed by atoms with Gasteiger partial charge in [0.25, 0.3) is 0 Å². The zero-order valence-electron chi connectivity index (χ0n) is 11.1. The lowest BCUT2D eigenvalue weighted by Crippen LogP contribution is -2.57. The van der Waals surface area contributed by atoms with E-state index >= 15 is 0 Å². The molecule has 0 aromatic heterocycles. The molecule has 0 spiro atoms. The van der Waals surface area contributed by atoms with Gasteiger partial charge < -0.3 is 5.73 Å². The third kappa shape index (κ3) is 6.55. The van der Waals surface area contributed by atoms with Crippen molar-refractivity contribution in [2.75, 3.05) is 6.54 Å². The van der Waals surface area contributed by atoms with Gasteiger partial charge in [0.2, 0.25) is 0 Å². The molecule has 23 heavy (non-hydrogen) atoms. The van der Waals surface area contributed by atoms with Gasteiger partial charge in [-0.3, -0.25) is 4.55 Å². The summed E-state index contributed by atoms with van der Waals surface area (Å²) in [5, 5.41) is -6.63. The van der Waals surface area contributed by atoms with Gasteiger partial charge in [-0.15, -0.1) is 6.58 Å². The van der Waals surface area contributed by atoms with Crippen LogP contribution in [-0.4, -0.2) is 42.8 Å². The van der Waals surface area contributed by atoms with Gasteiger partial charge in [0.15, 0.2) is 0 Å². The average Bonchev–Trinajstić information content (AvgIpc) is 2.34. The summed E-state index contributed by atoms with van der Waals surface area (Å²) in [7, 11) is -6.94. The van der Waals surface area contributed by atoms with E-state index in [9.17, 15) is 47.9 Å². The van der Waals surface area contributed by atoms with Gasteiger partial charge in [0.05, 0.1) is 0 Å². The third-order valence-electron chi connectivity index (χ3n) is 2.04. The van der Waals surface area contributed by atoms with Gasteiger partial charge in [0.1, 0.15) is 0 Å². The number of alkyl halides is 9. The van der Waals surface area contributed by atoms with Crippen LogP contribution in [0, 0.1) is 0 Å². The lowest BCUT2D eigenvalue weighted by atomic mass is 10.1. The van der Waals surface area contributed by atoms with Crippen LogP contribution in [0.1, 0.15) is 12.8 Å². The van der Waals surface area contributed by atoms with Crippen molar-refractivity contribution in [1.29, 1.82) is 0 Å². The second-order valence-electron chi connectivity index (χ2n) is 3.91. The number of rotatable bonds is 6. The van der Waals surface area contributed by atoms with Crippen LogP contribution in [0.3, 0.4) is 0 Å². The topological polar surface area (TPSA) is 80.4 Å². The summed E-state index contributed by atoms with van der Waals surface area (Å²) in [5.74, 6) is -12.7. The third-order valence-corrected chi connectivity index (χ3v) is 2.94. The van der Waals surface area contributed by atoms with Crippen molar-refractivity contribution in [3.63, 3.8) is 0 Å². The monoisotopic (exact) mass is 385 g/mol. The zero-order valence-corrected chi connectivity index (χ0v) is 11.9. The quantitative estimate of drug-likeness (QED) is 0.418. The number of hydrogen-bond acceptors (Lipinski definition) is 3. The molecule has 0 saturated carbocycles. The van der Waals surface area contributed by atoms with Gasteiger partial charge in [-0.25, -0.2) is 0 Å². The molecule has 0 saturated heterocycles. The summed E-state index contributed by atoms with van der Waals surface area (Å²) in [5.41, 5.74) is 4.91. The van der Waals surface area contributed by atoms with Crippen molar-refractivity contribution < 1.29 is 52.5 Å². The Hall–Kier alpha value is -1.02. The van der Waals surface area contributed by atoms with E-state index in [0.717, 1.165) is 0 Å². The molecule has 0 atom stereocenters. The fraction of sp³-hybridized carbons (Fsp3) is 0.778. The Morgan fingerprint density at radius 2 is 1.30 bits per heavy atom. The first kappa shape index (κ1) is 24.2. The first-order valence-corrected chi connectivity index (χ1v) is 6.79. The maximum Gasteiger partial charge on any atom is 0.437 e. The standard InChI is InChI=1S/C6H5F9O3S.C3H7N/c7-3(8,1-2-4(9,10)11)5(12,13)6(14,15)19(16,17)18;1-2-3-4/h1-2H2,(H,16,17,18);2H,1,3-4H2. The van der Waals surface area contributed by atoms with E-state index in [1.807, 2.05) is 0 Å². The molecule has 0 aliphatic carbocycles. The second kappa shape index (κ2) is 7.70. The van der Waals surface area contributed by atoms with E-state index in [4.69, 9.17) is 10.3 Å². The molecule has 0 unspecified atom stereocenters. The molecule has 0 fully saturated rings. The lowest BCUT2D eigenvalue weighted by Gasteiger charge is -2.30. The van der Waals surface area contributed by atoms with Gasteiger partial charge >= 0.3 is 33.4 Å². The van der Waals surface area contributed by atoms with Crippen LogP contribution in [0.25, 0.3) is 0 Å². The average molecular weight is 385 g/mol. The van der Waals surface area contributed by atoms with Gasteiger partial charge in [-0.05, 0) is 0 Å². The molecular weight excluding hydrogens is 373 g/mol. The van der Waals surface area contributed by atoms with E-state index in [1.54, 1.807) is 6.08 Å². The molecule has 0 aliphatic rings. The van der Waals surface area contributed by atoms with Crippen LogP contribution in [0.4, 0.5) is 39.5 Å². The van der Waals surface area contributed by atoms with Gasteiger partial charge in [0, 0.05) is 19.4 Å². The largest absolute Gasteiger partial charge is 0.437 e. The molecule has 0 radical (unpaired) electrons. The van der Waals surface area contributed by atoms with Gasteiger partial charge in [-0.1, -0.05) is 6.08 Å². The fourth-order valence-corrected chi connectivity index (χ4v) is 1.30. The summed E-state index contributed by atoms with van der Waals surface area (Å²) in [6.45, 7) is 3.94. The Morgan fingerprint density at radius 3 is 1.52 bits per heavy atom. The zero-order chi connectivity index (χ0) is 19.3. The summed E-state index contributed by atoms with van der Waals surface area (Å²) in [6.07, 6.45) is -9.00. The Bertz CT molecular complexity index is 487.